The highest BCUT2D eigenvalue weighted by Crippen LogP contribution is 2.14. The van der Waals surface area contributed by atoms with Crippen LogP contribution in [-0.4, -0.2) is 10.8 Å². The van der Waals surface area contributed by atoms with Crippen molar-refractivity contribution in [2.24, 2.45) is 0 Å². The van der Waals surface area contributed by atoms with Crippen molar-refractivity contribution in [2.75, 3.05) is 0 Å². The first-order chi connectivity index (χ1) is 8.15. The molecule has 17 heavy (non-hydrogen) atoms. The Kier molecular flexibility index (Phi) is 3.69. The molecule has 0 amide bonds. The quantitative estimate of drug-likeness (QED) is 0.828. The van der Waals surface area contributed by atoms with Gasteiger partial charge in [-0.3, -0.25) is 9.78 Å². The third-order valence-corrected chi connectivity index (χ3v) is 3.53. The lowest BCUT2D eigenvalue weighted by Gasteiger charge is -2.05. The fraction of sp³-hybridized carbons (Fsp3) is 0.286. The van der Waals surface area contributed by atoms with Gasteiger partial charge in [-0.2, -0.15) is 0 Å². The van der Waals surface area contributed by atoms with E-state index >= 15 is 0 Å². The molecule has 2 aromatic rings. The van der Waals surface area contributed by atoms with Gasteiger partial charge in [-0.25, -0.2) is 0 Å². The van der Waals surface area contributed by atoms with Crippen LogP contribution in [0.1, 0.15) is 21.6 Å². The van der Waals surface area contributed by atoms with Crippen LogP contribution >= 0.6 is 11.3 Å². The molecule has 1 aromatic heterocycles. The Hall–Kier alpha value is -1.48. The number of benzene rings is 1. The summed E-state index contributed by atoms with van der Waals surface area (Å²) in [5.74, 6) is 0.253. The summed E-state index contributed by atoms with van der Waals surface area (Å²) in [6.45, 7) is 4.10. The van der Waals surface area contributed by atoms with Crippen LogP contribution in [0.5, 0.6) is 0 Å². The number of aryl methyl sites for hydroxylation is 2. The van der Waals surface area contributed by atoms with Crippen LogP contribution in [0.3, 0.4) is 0 Å². The predicted molar refractivity (Wildman–Crippen MR) is 70.4 cm³/mol. The van der Waals surface area contributed by atoms with E-state index in [0.29, 0.717) is 12.8 Å². The van der Waals surface area contributed by atoms with Crippen LogP contribution in [0.25, 0.3) is 0 Å². The van der Waals surface area contributed by atoms with E-state index in [1.807, 2.05) is 0 Å². The molecule has 88 valence electrons. The van der Waals surface area contributed by atoms with Crippen molar-refractivity contribution < 1.29 is 4.79 Å². The van der Waals surface area contributed by atoms with Crippen LogP contribution in [-0.2, 0) is 17.6 Å². The Bertz CT molecular complexity index is 517. The standard InChI is InChI=1S/C14H15NOS/c1-10-3-4-11(2)12(5-10)6-13(16)7-14-8-15-9-17-14/h3-5,8-9H,6-7H2,1-2H3. The van der Waals surface area contributed by atoms with Crippen molar-refractivity contribution in [3.8, 4) is 0 Å². The predicted octanol–water partition coefficient (Wildman–Crippen LogP) is 3.11. The Balaban J connectivity index is 2.05. The number of thiazole rings is 1. The van der Waals surface area contributed by atoms with Gasteiger partial charge < -0.3 is 0 Å². The molecule has 0 aliphatic rings. The minimum atomic E-state index is 0.253. The summed E-state index contributed by atoms with van der Waals surface area (Å²) in [5.41, 5.74) is 5.30. The lowest BCUT2D eigenvalue weighted by Crippen LogP contribution is -2.07. The third kappa shape index (κ3) is 3.24. The van der Waals surface area contributed by atoms with Crippen molar-refractivity contribution in [2.45, 2.75) is 26.7 Å². The smallest absolute Gasteiger partial charge is 0.142 e. The van der Waals surface area contributed by atoms with Gasteiger partial charge in [0.15, 0.2) is 0 Å². The van der Waals surface area contributed by atoms with Crippen LogP contribution in [0, 0.1) is 13.8 Å². The zero-order valence-corrected chi connectivity index (χ0v) is 10.9. The summed E-state index contributed by atoms with van der Waals surface area (Å²) in [6.07, 6.45) is 2.79. The average Bonchev–Trinajstić information content (AvgIpc) is 2.76. The highest BCUT2D eigenvalue weighted by atomic mass is 32.1. The second-order valence-electron chi connectivity index (χ2n) is 4.29. The normalized spacial score (nSPS) is 10.5. The van der Waals surface area contributed by atoms with E-state index in [1.54, 1.807) is 11.7 Å². The highest BCUT2D eigenvalue weighted by Gasteiger charge is 2.08. The van der Waals surface area contributed by atoms with E-state index in [0.717, 1.165) is 10.4 Å². The maximum absolute atomic E-state index is 11.9. The first kappa shape index (κ1) is 12.0. The molecular weight excluding hydrogens is 230 g/mol. The molecule has 0 aliphatic heterocycles. The molecule has 0 bridgehead atoms. The summed E-state index contributed by atoms with van der Waals surface area (Å²) in [7, 11) is 0. The molecule has 0 N–H and O–H groups in total. The zero-order valence-electron chi connectivity index (χ0n) is 10.1. The number of hydrogen-bond acceptors (Lipinski definition) is 3. The van der Waals surface area contributed by atoms with Crippen LogP contribution in [0.2, 0.25) is 0 Å². The largest absolute Gasteiger partial charge is 0.299 e. The van der Waals surface area contributed by atoms with E-state index in [9.17, 15) is 4.79 Å². The minimum Gasteiger partial charge on any atom is -0.299 e. The molecule has 0 spiro atoms. The van der Waals surface area contributed by atoms with Gasteiger partial charge in [0.05, 0.1) is 5.51 Å². The summed E-state index contributed by atoms with van der Waals surface area (Å²) in [4.78, 5) is 16.9. The van der Waals surface area contributed by atoms with E-state index in [2.05, 4.69) is 37.0 Å². The van der Waals surface area contributed by atoms with Gasteiger partial charge in [-0.05, 0) is 25.0 Å². The van der Waals surface area contributed by atoms with Crippen LogP contribution in [0.4, 0.5) is 0 Å². The van der Waals surface area contributed by atoms with Gasteiger partial charge >= 0.3 is 0 Å². The SMILES string of the molecule is Cc1ccc(C)c(CC(=O)Cc2cncs2)c1. The Morgan fingerprint density at radius 1 is 1.29 bits per heavy atom. The number of hydrogen-bond donors (Lipinski definition) is 0. The minimum absolute atomic E-state index is 0.253. The summed E-state index contributed by atoms with van der Waals surface area (Å²) in [5, 5.41) is 0. The third-order valence-electron chi connectivity index (χ3n) is 2.75. The zero-order chi connectivity index (χ0) is 12.3. The maximum Gasteiger partial charge on any atom is 0.142 e. The molecule has 1 aromatic carbocycles. The Morgan fingerprint density at radius 3 is 2.82 bits per heavy atom. The molecule has 0 saturated carbocycles. The van der Waals surface area contributed by atoms with Crippen LogP contribution < -0.4 is 0 Å². The number of Topliss-reactive ketones (excluding diaryl/α,β-unsaturated/α-hetero) is 1. The first-order valence-corrected chi connectivity index (χ1v) is 6.48. The average molecular weight is 245 g/mol. The van der Waals surface area contributed by atoms with E-state index in [-0.39, 0.29) is 5.78 Å². The number of carbonyl (C=O) groups excluding carboxylic acids is 1. The Labute approximate surface area is 105 Å². The highest BCUT2D eigenvalue weighted by molar-refractivity contribution is 7.09. The fourth-order valence-corrected chi connectivity index (χ4v) is 2.41. The topological polar surface area (TPSA) is 30.0 Å². The summed E-state index contributed by atoms with van der Waals surface area (Å²) >= 11 is 1.54. The Morgan fingerprint density at radius 2 is 2.12 bits per heavy atom. The van der Waals surface area contributed by atoms with Crippen molar-refractivity contribution in [1.29, 1.82) is 0 Å². The number of rotatable bonds is 4. The van der Waals surface area contributed by atoms with Crippen molar-refractivity contribution in [3.05, 3.63) is 51.5 Å². The molecule has 0 fully saturated rings. The molecule has 0 radical (unpaired) electrons. The fourth-order valence-electron chi connectivity index (χ4n) is 1.79. The van der Waals surface area contributed by atoms with Crippen molar-refractivity contribution in [1.82, 2.24) is 4.98 Å². The van der Waals surface area contributed by atoms with E-state index in [4.69, 9.17) is 0 Å². The van der Waals surface area contributed by atoms with Gasteiger partial charge in [0, 0.05) is 23.9 Å². The number of ketones is 1. The molecule has 3 heteroatoms. The molecule has 2 nitrogen and oxygen atoms in total. The molecule has 2 rings (SSSR count). The van der Waals surface area contributed by atoms with Crippen LogP contribution in [0.15, 0.2) is 29.9 Å². The molecule has 1 heterocycles. The second kappa shape index (κ2) is 5.23. The van der Waals surface area contributed by atoms with Gasteiger partial charge in [0.25, 0.3) is 0 Å². The molecule has 0 unspecified atom stereocenters. The van der Waals surface area contributed by atoms with Crippen molar-refractivity contribution in [3.63, 3.8) is 0 Å². The number of aromatic nitrogens is 1. The van der Waals surface area contributed by atoms with Gasteiger partial charge in [-0.15, -0.1) is 11.3 Å². The van der Waals surface area contributed by atoms with Gasteiger partial charge in [0.1, 0.15) is 5.78 Å². The monoisotopic (exact) mass is 245 g/mol. The number of nitrogens with zero attached hydrogens (tertiary/aromatic N) is 1. The van der Waals surface area contributed by atoms with E-state index in [1.165, 1.54) is 22.5 Å². The summed E-state index contributed by atoms with van der Waals surface area (Å²) < 4.78 is 0. The lowest BCUT2D eigenvalue weighted by atomic mass is 10.00. The molecule has 0 aliphatic carbocycles. The second-order valence-corrected chi connectivity index (χ2v) is 5.26. The van der Waals surface area contributed by atoms with Gasteiger partial charge in [-0.1, -0.05) is 23.8 Å². The van der Waals surface area contributed by atoms with Crippen molar-refractivity contribution >= 4 is 17.1 Å². The molecule has 0 atom stereocenters. The first-order valence-electron chi connectivity index (χ1n) is 5.60. The number of carbonyl (C=O) groups is 1. The maximum atomic E-state index is 11.9. The molecular formula is C14H15NOS. The van der Waals surface area contributed by atoms with Gasteiger partial charge in [0.2, 0.25) is 0 Å². The molecule has 0 saturated heterocycles. The lowest BCUT2D eigenvalue weighted by molar-refractivity contribution is -0.117. The summed E-state index contributed by atoms with van der Waals surface area (Å²) in [6, 6.07) is 6.25. The van der Waals surface area contributed by atoms with E-state index < -0.39 is 0 Å².